The molecule has 2 amide bonds. The van der Waals surface area contributed by atoms with Crippen LogP contribution < -0.4 is 10.2 Å². The lowest BCUT2D eigenvalue weighted by Crippen LogP contribution is -2.32. The van der Waals surface area contributed by atoms with Crippen molar-refractivity contribution in [2.45, 2.75) is 27.2 Å². The molecule has 0 radical (unpaired) electrons. The molecule has 0 atom stereocenters. The quantitative estimate of drug-likeness (QED) is 0.511. The number of benzene rings is 3. The third-order valence-electron chi connectivity index (χ3n) is 5.49. The number of amides is 2. The Kier molecular flexibility index (Phi) is 5.66. The molecule has 3 aromatic rings. The van der Waals surface area contributed by atoms with Crippen LogP contribution in [0.15, 0.2) is 72.4 Å². The maximum atomic E-state index is 13.5. The minimum Gasteiger partial charge on any atom is -0.350 e. The van der Waals surface area contributed by atoms with Gasteiger partial charge in [0, 0.05) is 10.7 Å². The summed E-state index contributed by atoms with van der Waals surface area (Å²) in [6.07, 6.45) is 0.885. The van der Waals surface area contributed by atoms with Crippen LogP contribution in [0.25, 0.3) is 5.57 Å². The van der Waals surface area contributed by atoms with Gasteiger partial charge in [0.15, 0.2) is 0 Å². The highest BCUT2D eigenvalue weighted by atomic mass is 35.5. The molecule has 0 fully saturated rings. The minimum absolute atomic E-state index is 0.249. The van der Waals surface area contributed by atoms with Gasteiger partial charge in [-0.1, -0.05) is 66.6 Å². The topological polar surface area (TPSA) is 49.4 Å². The van der Waals surface area contributed by atoms with Gasteiger partial charge in [-0.3, -0.25) is 9.59 Å². The zero-order chi connectivity index (χ0) is 22.1. The molecule has 4 nitrogen and oxygen atoms in total. The van der Waals surface area contributed by atoms with Gasteiger partial charge in [-0.15, -0.1) is 0 Å². The van der Waals surface area contributed by atoms with E-state index >= 15 is 0 Å². The first-order valence-electron chi connectivity index (χ1n) is 10.2. The van der Waals surface area contributed by atoms with E-state index < -0.39 is 0 Å². The Bertz CT molecular complexity index is 1200. The smallest absolute Gasteiger partial charge is 0.282 e. The molecule has 3 aromatic carbocycles. The predicted octanol–water partition coefficient (Wildman–Crippen LogP) is 5.92. The second-order valence-electron chi connectivity index (χ2n) is 7.67. The van der Waals surface area contributed by atoms with E-state index in [2.05, 4.69) is 12.2 Å². The first-order valence-corrected chi connectivity index (χ1v) is 10.6. The number of hydrogen-bond acceptors (Lipinski definition) is 3. The zero-order valence-electron chi connectivity index (χ0n) is 17.7. The molecule has 1 aliphatic rings. The van der Waals surface area contributed by atoms with E-state index in [-0.39, 0.29) is 17.5 Å². The van der Waals surface area contributed by atoms with Crippen molar-refractivity contribution < 1.29 is 9.59 Å². The average molecular weight is 431 g/mol. The molecule has 0 saturated heterocycles. The highest BCUT2D eigenvalue weighted by molar-refractivity contribution is 6.46. The Morgan fingerprint density at radius 2 is 1.55 bits per heavy atom. The van der Waals surface area contributed by atoms with Gasteiger partial charge < -0.3 is 5.32 Å². The van der Waals surface area contributed by atoms with Crippen molar-refractivity contribution in [3.05, 3.63) is 99.7 Å². The van der Waals surface area contributed by atoms with Gasteiger partial charge in [-0.05, 0) is 61.2 Å². The molecular weight excluding hydrogens is 408 g/mol. The Morgan fingerprint density at radius 1 is 0.871 bits per heavy atom. The van der Waals surface area contributed by atoms with Gasteiger partial charge in [0.1, 0.15) is 5.70 Å². The van der Waals surface area contributed by atoms with Crippen molar-refractivity contribution in [3.8, 4) is 0 Å². The fraction of sp³-hybridized carbons (Fsp3) is 0.154. The number of hydrogen-bond donors (Lipinski definition) is 1. The zero-order valence-corrected chi connectivity index (χ0v) is 18.5. The first kappa shape index (κ1) is 20.9. The second-order valence-corrected chi connectivity index (χ2v) is 8.10. The fourth-order valence-electron chi connectivity index (χ4n) is 3.61. The second kappa shape index (κ2) is 8.40. The van der Waals surface area contributed by atoms with Crippen LogP contribution in [-0.4, -0.2) is 11.8 Å². The molecule has 31 heavy (non-hydrogen) atoms. The number of nitrogens with one attached hydrogen (secondary N) is 1. The highest BCUT2D eigenvalue weighted by Crippen LogP contribution is 2.35. The van der Waals surface area contributed by atoms with Gasteiger partial charge in [0.25, 0.3) is 11.8 Å². The standard InChI is InChI=1S/C26H23ClN2O2/c1-4-18-8-13-21(14-9-18)29-25(30)23(19-10-5-16(2)6-11-19)24(26(29)31)28-22-15-20(27)12-7-17(22)3/h5-15,28H,4H2,1-3H3. The van der Waals surface area contributed by atoms with Crippen molar-refractivity contribution in [2.75, 3.05) is 10.2 Å². The maximum absolute atomic E-state index is 13.5. The van der Waals surface area contributed by atoms with E-state index in [0.29, 0.717) is 27.5 Å². The summed E-state index contributed by atoms with van der Waals surface area (Å²) < 4.78 is 0. The summed E-state index contributed by atoms with van der Waals surface area (Å²) in [5, 5.41) is 3.75. The van der Waals surface area contributed by atoms with Crippen LogP contribution in [0.5, 0.6) is 0 Å². The first-order chi connectivity index (χ1) is 14.9. The Labute approximate surface area is 187 Å². The molecule has 1 aliphatic heterocycles. The number of nitrogens with zero attached hydrogens (tertiary/aromatic N) is 1. The SMILES string of the molecule is CCc1ccc(N2C(=O)C(Nc3cc(Cl)ccc3C)=C(c3ccc(C)cc3)C2=O)cc1. The van der Waals surface area contributed by atoms with Crippen molar-refractivity contribution in [1.82, 2.24) is 0 Å². The van der Waals surface area contributed by atoms with E-state index in [1.165, 1.54) is 4.90 Å². The average Bonchev–Trinajstić information content (AvgIpc) is 3.01. The van der Waals surface area contributed by atoms with Gasteiger partial charge in [-0.25, -0.2) is 4.90 Å². The van der Waals surface area contributed by atoms with Crippen molar-refractivity contribution in [2.24, 2.45) is 0 Å². The highest BCUT2D eigenvalue weighted by Gasteiger charge is 2.40. The van der Waals surface area contributed by atoms with Gasteiger partial charge >= 0.3 is 0 Å². The lowest BCUT2D eigenvalue weighted by molar-refractivity contribution is -0.120. The van der Waals surface area contributed by atoms with Crippen LogP contribution >= 0.6 is 11.6 Å². The van der Waals surface area contributed by atoms with E-state index in [9.17, 15) is 9.59 Å². The normalized spacial score (nSPS) is 13.9. The summed E-state index contributed by atoms with van der Waals surface area (Å²) in [4.78, 5) is 28.2. The molecule has 0 aromatic heterocycles. The minimum atomic E-state index is -0.385. The van der Waals surface area contributed by atoms with Gasteiger partial charge in [-0.2, -0.15) is 0 Å². The summed E-state index contributed by atoms with van der Waals surface area (Å²) in [7, 11) is 0. The van der Waals surface area contributed by atoms with Crippen LogP contribution in [0.1, 0.15) is 29.2 Å². The summed E-state index contributed by atoms with van der Waals surface area (Å²) in [6.45, 7) is 5.97. The number of rotatable bonds is 5. The third-order valence-corrected chi connectivity index (χ3v) is 5.72. The van der Waals surface area contributed by atoms with E-state index in [1.54, 1.807) is 12.1 Å². The number of carbonyl (C=O) groups is 2. The molecule has 156 valence electrons. The van der Waals surface area contributed by atoms with Crippen LogP contribution in [0.2, 0.25) is 5.02 Å². The number of anilines is 2. The molecule has 0 bridgehead atoms. The molecule has 1 N–H and O–H groups in total. The lowest BCUT2D eigenvalue weighted by Gasteiger charge is -2.16. The predicted molar refractivity (Wildman–Crippen MR) is 126 cm³/mol. The maximum Gasteiger partial charge on any atom is 0.282 e. The Balaban J connectivity index is 1.82. The van der Waals surface area contributed by atoms with E-state index in [4.69, 9.17) is 11.6 Å². The third kappa shape index (κ3) is 3.99. The van der Waals surface area contributed by atoms with Gasteiger partial charge in [0.05, 0.1) is 11.3 Å². The van der Waals surface area contributed by atoms with E-state index in [0.717, 1.165) is 23.1 Å². The lowest BCUT2D eigenvalue weighted by atomic mass is 10.0. The van der Waals surface area contributed by atoms with Crippen LogP contribution in [-0.2, 0) is 16.0 Å². The van der Waals surface area contributed by atoms with Crippen LogP contribution in [0.4, 0.5) is 11.4 Å². The van der Waals surface area contributed by atoms with Crippen LogP contribution in [0.3, 0.4) is 0 Å². The number of halogens is 1. The monoisotopic (exact) mass is 430 g/mol. The molecule has 4 rings (SSSR count). The summed E-state index contributed by atoms with van der Waals surface area (Å²) in [5.74, 6) is -0.732. The number of carbonyl (C=O) groups excluding carboxylic acids is 2. The fourth-order valence-corrected chi connectivity index (χ4v) is 3.78. The molecule has 0 unspecified atom stereocenters. The van der Waals surface area contributed by atoms with E-state index in [1.807, 2.05) is 68.4 Å². The molecule has 0 aliphatic carbocycles. The number of aryl methyl sites for hydroxylation is 3. The van der Waals surface area contributed by atoms with Crippen molar-refractivity contribution in [3.63, 3.8) is 0 Å². The molecular formula is C26H23ClN2O2. The Morgan fingerprint density at radius 3 is 2.19 bits per heavy atom. The molecule has 5 heteroatoms. The van der Waals surface area contributed by atoms with Crippen molar-refractivity contribution in [1.29, 1.82) is 0 Å². The largest absolute Gasteiger partial charge is 0.350 e. The summed E-state index contributed by atoms with van der Waals surface area (Å²) in [6, 6.07) is 20.5. The van der Waals surface area contributed by atoms with Crippen molar-refractivity contribution >= 4 is 40.4 Å². The summed E-state index contributed by atoms with van der Waals surface area (Å²) in [5.41, 5.74) is 5.68. The van der Waals surface area contributed by atoms with Gasteiger partial charge in [0.2, 0.25) is 0 Å². The summed E-state index contributed by atoms with van der Waals surface area (Å²) >= 11 is 6.17. The molecule has 1 heterocycles. The molecule has 0 saturated carbocycles. The molecule has 0 spiro atoms. The Hall–Kier alpha value is -3.37. The number of imide groups is 1. The van der Waals surface area contributed by atoms with Crippen LogP contribution in [0, 0.1) is 13.8 Å².